The molecule has 6 heteroatoms. The summed E-state index contributed by atoms with van der Waals surface area (Å²) in [4.78, 5) is 12.4. The van der Waals surface area contributed by atoms with Crippen LogP contribution in [0.1, 0.15) is 28.1 Å². The molecule has 3 rings (SSSR count). The topological polar surface area (TPSA) is 59.8 Å². The molecule has 1 heterocycles. The van der Waals surface area contributed by atoms with Crippen molar-refractivity contribution in [3.63, 3.8) is 0 Å². The zero-order valence-corrected chi connectivity index (χ0v) is 17.1. The molecule has 140 valence electrons. The molecule has 0 fully saturated rings. The van der Waals surface area contributed by atoms with Gasteiger partial charge in [-0.3, -0.25) is 9.36 Å². The van der Waals surface area contributed by atoms with Crippen LogP contribution in [0.5, 0.6) is 0 Å². The molecular weight excluding hydrogens is 356 g/mol. The second-order valence-corrected chi connectivity index (χ2v) is 7.68. The minimum atomic E-state index is -0.0538. The Kier molecular flexibility index (Phi) is 5.65. The first kappa shape index (κ1) is 19.2. The van der Waals surface area contributed by atoms with Gasteiger partial charge >= 0.3 is 0 Å². The number of hydrogen-bond acceptors (Lipinski definition) is 4. The predicted octanol–water partition coefficient (Wildman–Crippen LogP) is 4.54. The summed E-state index contributed by atoms with van der Waals surface area (Å²) < 4.78 is 2.01. The summed E-state index contributed by atoms with van der Waals surface area (Å²) in [6, 6.07) is 12.2. The van der Waals surface area contributed by atoms with Gasteiger partial charge in [-0.05, 0) is 69.0 Å². The molecule has 1 aromatic heterocycles. The summed E-state index contributed by atoms with van der Waals surface area (Å²) in [6.07, 6.45) is 0. The smallest absolute Gasteiger partial charge is 0.234 e. The van der Waals surface area contributed by atoms with E-state index in [9.17, 15) is 4.79 Å². The van der Waals surface area contributed by atoms with Crippen LogP contribution in [0.15, 0.2) is 41.6 Å². The van der Waals surface area contributed by atoms with Crippen molar-refractivity contribution in [1.29, 1.82) is 0 Å². The van der Waals surface area contributed by atoms with E-state index in [2.05, 4.69) is 47.6 Å². The highest BCUT2D eigenvalue weighted by Gasteiger charge is 2.15. The zero-order chi connectivity index (χ0) is 19.6. The van der Waals surface area contributed by atoms with Gasteiger partial charge in [0.2, 0.25) is 5.91 Å². The first-order valence-electron chi connectivity index (χ1n) is 8.85. The van der Waals surface area contributed by atoms with E-state index in [1.165, 1.54) is 17.3 Å². The Labute approximate surface area is 164 Å². The first-order chi connectivity index (χ1) is 12.9. The van der Waals surface area contributed by atoms with Crippen LogP contribution in [0.2, 0.25) is 0 Å². The molecule has 1 amide bonds. The Morgan fingerprint density at radius 1 is 1.04 bits per heavy atom. The average molecular weight is 381 g/mol. The highest BCUT2D eigenvalue weighted by Crippen LogP contribution is 2.25. The van der Waals surface area contributed by atoms with Crippen LogP contribution in [0.3, 0.4) is 0 Å². The van der Waals surface area contributed by atoms with Crippen LogP contribution < -0.4 is 5.32 Å². The lowest BCUT2D eigenvalue weighted by Gasteiger charge is -2.13. The number of nitrogens with zero attached hydrogens (tertiary/aromatic N) is 3. The van der Waals surface area contributed by atoms with Crippen molar-refractivity contribution in [1.82, 2.24) is 14.8 Å². The number of hydrogen-bond donors (Lipinski definition) is 1. The lowest BCUT2D eigenvalue weighted by molar-refractivity contribution is -0.113. The Morgan fingerprint density at radius 3 is 2.59 bits per heavy atom. The molecule has 27 heavy (non-hydrogen) atoms. The lowest BCUT2D eigenvalue weighted by atomic mass is 10.1. The van der Waals surface area contributed by atoms with Crippen molar-refractivity contribution in [3.8, 4) is 5.69 Å². The van der Waals surface area contributed by atoms with Crippen LogP contribution in [0.4, 0.5) is 5.69 Å². The second-order valence-electron chi connectivity index (χ2n) is 6.74. The van der Waals surface area contributed by atoms with Gasteiger partial charge in [0.1, 0.15) is 5.82 Å². The number of nitrogens with one attached hydrogen (secondary N) is 1. The fraction of sp³-hybridized carbons (Fsp3) is 0.286. The molecule has 0 radical (unpaired) electrons. The molecular formula is C21H24N4OS. The summed E-state index contributed by atoms with van der Waals surface area (Å²) in [6.45, 7) is 10.1. The van der Waals surface area contributed by atoms with E-state index in [-0.39, 0.29) is 11.7 Å². The van der Waals surface area contributed by atoms with Crippen molar-refractivity contribution in [2.75, 3.05) is 11.1 Å². The molecule has 0 aliphatic carbocycles. The van der Waals surface area contributed by atoms with Crippen molar-refractivity contribution < 1.29 is 4.79 Å². The first-order valence-corrected chi connectivity index (χ1v) is 9.84. The fourth-order valence-electron chi connectivity index (χ4n) is 2.88. The molecule has 1 N–H and O–H groups in total. The predicted molar refractivity (Wildman–Crippen MR) is 111 cm³/mol. The third kappa shape index (κ3) is 4.22. The van der Waals surface area contributed by atoms with Gasteiger partial charge < -0.3 is 5.32 Å². The lowest BCUT2D eigenvalue weighted by Crippen LogP contribution is -2.15. The monoisotopic (exact) mass is 380 g/mol. The summed E-state index contributed by atoms with van der Waals surface area (Å²) in [7, 11) is 0. The Morgan fingerprint density at radius 2 is 1.81 bits per heavy atom. The third-order valence-electron chi connectivity index (χ3n) is 4.61. The van der Waals surface area contributed by atoms with Gasteiger partial charge in [-0.15, -0.1) is 10.2 Å². The molecule has 0 unspecified atom stereocenters. The third-order valence-corrected chi connectivity index (χ3v) is 5.54. The van der Waals surface area contributed by atoms with E-state index < -0.39 is 0 Å². The molecule has 0 spiro atoms. The Hall–Kier alpha value is -2.60. The van der Waals surface area contributed by atoms with E-state index in [0.717, 1.165) is 39.0 Å². The Balaban J connectivity index is 1.76. The van der Waals surface area contributed by atoms with Crippen molar-refractivity contribution in [2.24, 2.45) is 0 Å². The van der Waals surface area contributed by atoms with Crippen molar-refractivity contribution in [3.05, 3.63) is 64.5 Å². The average Bonchev–Trinajstić information content (AvgIpc) is 3.00. The fourth-order valence-corrected chi connectivity index (χ4v) is 3.67. The number of thioether (sulfide) groups is 1. The number of amides is 1. The van der Waals surface area contributed by atoms with Crippen LogP contribution in [-0.2, 0) is 4.79 Å². The minimum absolute atomic E-state index is 0.0538. The molecule has 0 saturated heterocycles. The van der Waals surface area contributed by atoms with E-state index >= 15 is 0 Å². The normalized spacial score (nSPS) is 10.9. The molecule has 3 aromatic rings. The number of aromatic nitrogens is 3. The summed E-state index contributed by atoms with van der Waals surface area (Å²) >= 11 is 1.39. The quantitative estimate of drug-likeness (QED) is 0.660. The number of anilines is 1. The van der Waals surface area contributed by atoms with Crippen LogP contribution in [0.25, 0.3) is 5.69 Å². The van der Waals surface area contributed by atoms with Crippen molar-refractivity contribution in [2.45, 2.75) is 39.8 Å². The van der Waals surface area contributed by atoms with Crippen LogP contribution in [0, 0.1) is 34.6 Å². The maximum atomic E-state index is 12.4. The second kappa shape index (κ2) is 7.96. The van der Waals surface area contributed by atoms with Gasteiger partial charge in [0.25, 0.3) is 0 Å². The van der Waals surface area contributed by atoms with E-state index in [4.69, 9.17) is 0 Å². The summed E-state index contributed by atoms with van der Waals surface area (Å²) in [5, 5.41) is 12.2. The number of carbonyl (C=O) groups is 1. The van der Waals surface area contributed by atoms with Crippen molar-refractivity contribution >= 4 is 23.4 Å². The molecule has 5 nitrogen and oxygen atoms in total. The number of aryl methyl sites for hydroxylation is 4. The van der Waals surface area contributed by atoms with E-state index in [1.54, 1.807) is 0 Å². The maximum absolute atomic E-state index is 12.4. The molecule has 0 aliphatic heterocycles. The largest absolute Gasteiger partial charge is 0.325 e. The number of benzene rings is 2. The van der Waals surface area contributed by atoms with Crippen LogP contribution >= 0.6 is 11.8 Å². The SMILES string of the molecule is Cc1ccc(C)c(-n2c(C)nnc2SCC(=O)Nc2cccc(C)c2C)c1. The number of rotatable bonds is 5. The highest BCUT2D eigenvalue weighted by atomic mass is 32.2. The van der Waals surface area contributed by atoms with E-state index in [0.29, 0.717) is 0 Å². The summed E-state index contributed by atoms with van der Waals surface area (Å²) in [5.74, 6) is 1.03. The maximum Gasteiger partial charge on any atom is 0.234 e. The Bertz CT molecular complexity index is 994. The molecule has 0 saturated carbocycles. The minimum Gasteiger partial charge on any atom is -0.325 e. The van der Waals surface area contributed by atoms with E-state index in [1.807, 2.05) is 43.5 Å². The van der Waals surface area contributed by atoms with Gasteiger partial charge in [-0.2, -0.15) is 0 Å². The van der Waals surface area contributed by atoms with Gasteiger partial charge in [0.05, 0.1) is 11.4 Å². The molecule has 0 atom stereocenters. The van der Waals surface area contributed by atoms with Crippen LogP contribution in [-0.4, -0.2) is 26.4 Å². The van der Waals surface area contributed by atoms with Gasteiger partial charge in [-0.1, -0.05) is 36.0 Å². The van der Waals surface area contributed by atoms with Gasteiger partial charge in [-0.25, -0.2) is 0 Å². The molecule has 0 aliphatic rings. The standard InChI is InChI=1S/C21H24N4OS/c1-13-9-10-15(3)19(11-13)25-17(5)23-24-21(25)27-12-20(26)22-18-8-6-7-14(2)16(18)4/h6-11H,12H2,1-5H3,(H,22,26). The van der Waals surface area contributed by atoms with Gasteiger partial charge in [0.15, 0.2) is 5.16 Å². The molecule has 0 bridgehead atoms. The number of carbonyl (C=O) groups excluding carboxylic acids is 1. The highest BCUT2D eigenvalue weighted by molar-refractivity contribution is 7.99. The molecule has 2 aromatic carbocycles. The zero-order valence-electron chi connectivity index (χ0n) is 16.3. The van der Waals surface area contributed by atoms with Gasteiger partial charge in [0, 0.05) is 5.69 Å². The summed E-state index contributed by atoms with van der Waals surface area (Å²) in [5.41, 5.74) is 6.47.